The van der Waals surface area contributed by atoms with Crippen LogP contribution in [0.2, 0.25) is 0 Å². The van der Waals surface area contributed by atoms with Crippen molar-refractivity contribution in [1.82, 2.24) is 9.13 Å². The lowest BCUT2D eigenvalue weighted by molar-refractivity contribution is 0.494. The number of halogens is 2. The van der Waals surface area contributed by atoms with Crippen LogP contribution < -0.4 is 5.69 Å². The monoisotopic (exact) mass is 238 g/mol. The van der Waals surface area contributed by atoms with Crippen LogP contribution >= 0.6 is 0 Å². The quantitative estimate of drug-likeness (QED) is 0.803. The Kier molecular flexibility index (Phi) is 3.08. The maximum Gasteiger partial charge on any atom is 0.328 e. The number of hydrogen-bond acceptors (Lipinski definition) is 1. The van der Waals surface area contributed by atoms with E-state index in [9.17, 15) is 13.6 Å². The molecule has 0 radical (unpaired) electrons. The molecule has 0 saturated carbocycles. The Hall–Kier alpha value is -1.91. The number of nitrogens with zero attached hydrogens (tertiary/aromatic N) is 2. The van der Waals surface area contributed by atoms with Gasteiger partial charge in [-0.25, -0.2) is 13.6 Å². The maximum atomic E-state index is 13.4. The van der Waals surface area contributed by atoms with Gasteiger partial charge in [0.1, 0.15) is 0 Å². The highest BCUT2D eigenvalue weighted by Gasteiger charge is 2.09. The van der Waals surface area contributed by atoms with Crippen molar-refractivity contribution < 1.29 is 8.78 Å². The Morgan fingerprint density at radius 2 is 1.88 bits per heavy atom. The Morgan fingerprint density at radius 1 is 1.18 bits per heavy atom. The molecule has 0 fully saturated rings. The lowest BCUT2D eigenvalue weighted by Gasteiger charge is -2.04. The van der Waals surface area contributed by atoms with E-state index in [1.807, 2.05) is 6.92 Å². The minimum Gasteiger partial charge on any atom is -0.300 e. The lowest BCUT2D eigenvalue weighted by Crippen LogP contribution is -2.24. The molecule has 3 nitrogen and oxygen atoms in total. The summed E-state index contributed by atoms with van der Waals surface area (Å²) in [6.45, 7) is 2.43. The molecule has 0 aliphatic rings. The summed E-state index contributed by atoms with van der Waals surface area (Å²) in [6.07, 6.45) is 3.19. The molecule has 1 aromatic carbocycles. The first-order valence-electron chi connectivity index (χ1n) is 5.32. The summed E-state index contributed by atoms with van der Waals surface area (Å²) in [5.41, 5.74) is -0.0582. The first kappa shape index (κ1) is 11.6. The maximum absolute atomic E-state index is 13.4. The summed E-state index contributed by atoms with van der Waals surface area (Å²) >= 11 is 0. The Bertz CT molecular complexity index is 586. The molecular weight excluding hydrogens is 226 g/mol. The first-order chi connectivity index (χ1) is 8.13. The molecule has 2 aromatic rings. The highest BCUT2D eigenvalue weighted by atomic mass is 19.2. The van der Waals surface area contributed by atoms with E-state index < -0.39 is 11.6 Å². The summed E-state index contributed by atoms with van der Waals surface area (Å²) in [6, 6.07) is 3.95. The van der Waals surface area contributed by atoms with Crippen LogP contribution in [0, 0.1) is 11.6 Å². The molecule has 0 spiro atoms. The van der Waals surface area contributed by atoms with Gasteiger partial charge in [0.25, 0.3) is 0 Å². The molecule has 0 atom stereocenters. The van der Waals surface area contributed by atoms with Gasteiger partial charge in [-0.15, -0.1) is 0 Å². The average Bonchev–Trinajstić information content (AvgIpc) is 2.66. The van der Waals surface area contributed by atoms with E-state index in [1.165, 1.54) is 21.3 Å². The van der Waals surface area contributed by atoms with Crippen molar-refractivity contribution in [2.45, 2.75) is 20.0 Å². The van der Waals surface area contributed by atoms with Crippen molar-refractivity contribution in [3.05, 3.63) is 58.3 Å². The highest BCUT2D eigenvalue weighted by molar-refractivity contribution is 5.19. The van der Waals surface area contributed by atoms with Crippen LogP contribution in [-0.2, 0) is 13.1 Å². The van der Waals surface area contributed by atoms with E-state index in [2.05, 4.69) is 0 Å². The van der Waals surface area contributed by atoms with Gasteiger partial charge in [0, 0.05) is 24.5 Å². The first-order valence-corrected chi connectivity index (χ1v) is 5.32. The fourth-order valence-electron chi connectivity index (χ4n) is 1.67. The van der Waals surface area contributed by atoms with Crippen molar-refractivity contribution in [2.75, 3.05) is 0 Å². The van der Waals surface area contributed by atoms with Gasteiger partial charge in [-0.3, -0.25) is 9.13 Å². The van der Waals surface area contributed by atoms with E-state index in [1.54, 1.807) is 12.4 Å². The van der Waals surface area contributed by atoms with Gasteiger partial charge in [-0.1, -0.05) is 12.1 Å². The number of hydrogen-bond donors (Lipinski definition) is 0. The molecule has 0 aliphatic heterocycles. The lowest BCUT2D eigenvalue weighted by atomic mass is 10.2. The second-order valence-electron chi connectivity index (χ2n) is 3.71. The molecule has 0 unspecified atom stereocenters. The summed E-state index contributed by atoms with van der Waals surface area (Å²) in [5.74, 6) is -1.80. The van der Waals surface area contributed by atoms with Gasteiger partial charge in [0.15, 0.2) is 11.6 Å². The van der Waals surface area contributed by atoms with Crippen LogP contribution in [0.5, 0.6) is 0 Å². The second-order valence-corrected chi connectivity index (χ2v) is 3.71. The van der Waals surface area contributed by atoms with Crippen molar-refractivity contribution in [3.8, 4) is 0 Å². The molecule has 0 N–H and O–H groups in total. The van der Waals surface area contributed by atoms with Gasteiger partial charge in [0.05, 0.1) is 6.54 Å². The molecule has 5 heteroatoms. The zero-order valence-corrected chi connectivity index (χ0v) is 9.36. The smallest absolute Gasteiger partial charge is 0.300 e. The van der Waals surface area contributed by atoms with Gasteiger partial charge in [-0.2, -0.15) is 0 Å². The predicted molar refractivity (Wildman–Crippen MR) is 59.8 cm³/mol. The van der Waals surface area contributed by atoms with E-state index in [4.69, 9.17) is 0 Å². The van der Waals surface area contributed by atoms with Crippen LogP contribution in [0.4, 0.5) is 8.78 Å². The number of imidazole rings is 1. The summed E-state index contributed by atoms with van der Waals surface area (Å²) in [7, 11) is 0. The molecule has 1 aromatic heterocycles. The zero-order valence-electron chi connectivity index (χ0n) is 9.36. The van der Waals surface area contributed by atoms with E-state index in [0.717, 1.165) is 6.07 Å². The largest absolute Gasteiger partial charge is 0.328 e. The molecule has 0 aliphatic carbocycles. The Morgan fingerprint density at radius 3 is 2.53 bits per heavy atom. The van der Waals surface area contributed by atoms with E-state index >= 15 is 0 Å². The predicted octanol–water partition coefficient (Wildman–Crippen LogP) is 2.00. The second kappa shape index (κ2) is 4.53. The molecule has 1 heterocycles. The summed E-state index contributed by atoms with van der Waals surface area (Å²) in [4.78, 5) is 11.7. The number of rotatable bonds is 3. The van der Waals surface area contributed by atoms with Crippen molar-refractivity contribution in [3.63, 3.8) is 0 Å². The highest BCUT2D eigenvalue weighted by Crippen LogP contribution is 2.12. The summed E-state index contributed by atoms with van der Waals surface area (Å²) in [5, 5.41) is 0. The average molecular weight is 238 g/mol. The fraction of sp³-hybridized carbons (Fsp3) is 0.250. The zero-order chi connectivity index (χ0) is 12.4. The minimum atomic E-state index is -0.899. The van der Waals surface area contributed by atoms with Crippen LogP contribution in [0.15, 0.2) is 35.4 Å². The van der Waals surface area contributed by atoms with Crippen LogP contribution in [-0.4, -0.2) is 9.13 Å². The third kappa shape index (κ3) is 2.13. The molecule has 0 bridgehead atoms. The van der Waals surface area contributed by atoms with Crippen LogP contribution in [0.3, 0.4) is 0 Å². The van der Waals surface area contributed by atoms with Crippen molar-refractivity contribution >= 4 is 0 Å². The van der Waals surface area contributed by atoms with Crippen LogP contribution in [0.25, 0.3) is 0 Å². The standard InChI is InChI=1S/C12H12F2N2O/c1-2-15-6-7-16(12(15)17)8-9-4-3-5-10(13)11(9)14/h3-7H,2,8H2,1H3. The third-order valence-electron chi connectivity index (χ3n) is 2.63. The molecular formula is C12H12F2N2O. The Labute approximate surface area is 96.9 Å². The number of aryl methyl sites for hydroxylation is 1. The molecule has 0 saturated heterocycles. The topological polar surface area (TPSA) is 26.9 Å². The number of benzene rings is 1. The molecule has 90 valence electrons. The van der Waals surface area contributed by atoms with Crippen molar-refractivity contribution in [1.29, 1.82) is 0 Å². The van der Waals surface area contributed by atoms with Gasteiger partial charge >= 0.3 is 5.69 Å². The summed E-state index contributed by atoms with van der Waals surface area (Å²) < 4.78 is 29.2. The molecule has 0 amide bonds. The number of aromatic nitrogens is 2. The Balaban J connectivity index is 2.35. The van der Waals surface area contributed by atoms with E-state index in [0.29, 0.717) is 6.54 Å². The van der Waals surface area contributed by atoms with Gasteiger partial charge in [0.2, 0.25) is 0 Å². The van der Waals surface area contributed by atoms with Gasteiger partial charge < -0.3 is 0 Å². The van der Waals surface area contributed by atoms with E-state index in [-0.39, 0.29) is 17.8 Å². The third-order valence-corrected chi connectivity index (χ3v) is 2.63. The van der Waals surface area contributed by atoms with Crippen molar-refractivity contribution in [2.24, 2.45) is 0 Å². The minimum absolute atomic E-state index is 0.0371. The molecule has 2 rings (SSSR count). The van der Waals surface area contributed by atoms with Gasteiger partial charge in [-0.05, 0) is 13.0 Å². The fourth-order valence-corrected chi connectivity index (χ4v) is 1.67. The SMILES string of the molecule is CCn1ccn(Cc2cccc(F)c2F)c1=O. The normalized spacial score (nSPS) is 10.8. The molecule has 17 heavy (non-hydrogen) atoms. The van der Waals surface area contributed by atoms with Crippen LogP contribution in [0.1, 0.15) is 12.5 Å².